The van der Waals surface area contributed by atoms with Crippen LogP contribution in [0, 0.1) is 17.7 Å². The Morgan fingerprint density at radius 3 is 1.95 bits per heavy atom. The molecular formula is C33H39F7N2O2. The molecule has 1 unspecified atom stereocenters. The number of amides is 1. The van der Waals surface area contributed by atoms with Gasteiger partial charge in [-0.2, -0.15) is 26.3 Å². The van der Waals surface area contributed by atoms with E-state index in [1.165, 1.54) is 19.1 Å². The average molecular weight is 629 g/mol. The summed E-state index contributed by atoms with van der Waals surface area (Å²) < 4.78 is 101. The van der Waals surface area contributed by atoms with Crippen LogP contribution in [-0.4, -0.2) is 53.0 Å². The highest BCUT2D eigenvalue weighted by atomic mass is 19.4. The number of nitrogens with zero attached hydrogens (tertiary/aromatic N) is 2. The maximum absolute atomic E-state index is 13.9. The third-order valence-corrected chi connectivity index (χ3v) is 9.76. The second kappa shape index (κ2) is 11.9. The molecule has 3 saturated heterocycles. The number of likely N-dealkylation sites (tertiary alicyclic amines) is 1. The first-order chi connectivity index (χ1) is 20.4. The zero-order valence-corrected chi connectivity index (χ0v) is 25.3. The second-order valence-corrected chi connectivity index (χ2v) is 13.5. The minimum atomic E-state index is -4.98. The van der Waals surface area contributed by atoms with Crippen molar-refractivity contribution in [2.24, 2.45) is 11.8 Å². The van der Waals surface area contributed by atoms with Crippen molar-refractivity contribution in [3.8, 4) is 0 Å². The van der Waals surface area contributed by atoms with E-state index in [-0.39, 0.29) is 41.6 Å². The quantitative estimate of drug-likeness (QED) is 0.313. The van der Waals surface area contributed by atoms with Gasteiger partial charge >= 0.3 is 12.4 Å². The molecule has 0 spiro atoms. The van der Waals surface area contributed by atoms with Crippen LogP contribution in [0.1, 0.15) is 87.7 Å². The summed E-state index contributed by atoms with van der Waals surface area (Å²) in [5, 5.41) is 0. The number of carbonyl (C=O) groups excluding carboxylic acids is 1. The molecule has 0 bridgehead atoms. The molecule has 4 nitrogen and oxygen atoms in total. The second-order valence-electron chi connectivity index (χ2n) is 13.5. The van der Waals surface area contributed by atoms with E-state index >= 15 is 0 Å². The summed E-state index contributed by atoms with van der Waals surface area (Å²) in [5.74, 6) is -0.399. The predicted octanol–water partition coefficient (Wildman–Crippen LogP) is 8.22. The molecule has 11 heteroatoms. The minimum absolute atomic E-state index is 0.0335. The van der Waals surface area contributed by atoms with Gasteiger partial charge in [-0.05, 0) is 113 Å². The fraction of sp³-hybridized carbons (Fsp3) is 0.606. The number of carbonyl (C=O) groups is 1. The third-order valence-electron chi connectivity index (χ3n) is 9.76. The van der Waals surface area contributed by atoms with Gasteiger partial charge in [0.2, 0.25) is 5.91 Å². The molecule has 3 aliphatic rings. The lowest BCUT2D eigenvalue weighted by Gasteiger charge is -2.45. The van der Waals surface area contributed by atoms with Crippen LogP contribution < -0.4 is 0 Å². The predicted molar refractivity (Wildman–Crippen MR) is 151 cm³/mol. The Hall–Kier alpha value is -2.66. The molecule has 0 radical (unpaired) electrons. The molecule has 5 rings (SSSR count). The van der Waals surface area contributed by atoms with E-state index in [0.29, 0.717) is 36.5 Å². The van der Waals surface area contributed by atoms with Crippen LogP contribution in [0.25, 0.3) is 0 Å². The lowest BCUT2D eigenvalue weighted by molar-refractivity contribution is -0.143. The van der Waals surface area contributed by atoms with Gasteiger partial charge in [0, 0.05) is 30.5 Å². The normalized spacial score (nSPS) is 26.6. The van der Waals surface area contributed by atoms with Gasteiger partial charge in [0.05, 0.1) is 23.3 Å². The Kier molecular flexibility index (Phi) is 8.87. The summed E-state index contributed by atoms with van der Waals surface area (Å²) in [6.45, 7) is 10.0. The molecule has 242 valence electrons. The van der Waals surface area contributed by atoms with Crippen LogP contribution in [-0.2, 0) is 21.9 Å². The maximum Gasteiger partial charge on any atom is 0.416 e. The van der Waals surface area contributed by atoms with Crippen LogP contribution in [0.3, 0.4) is 0 Å². The summed E-state index contributed by atoms with van der Waals surface area (Å²) in [7, 11) is 0. The first-order valence-corrected chi connectivity index (χ1v) is 15.2. The number of benzene rings is 2. The van der Waals surface area contributed by atoms with E-state index in [1.807, 2.05) is 0 Å². The Morgan fingerprint density at radius 1 is 0.864 bits per heavy atom. The number of fused-ring (bicyclic) bond motifs is 1. The zero-order chi connectivity index (χ0) is 32.2. The number of piperidine rings is 2. The molecule has 3 aliphatic heterocycles. The summed E-state index contributed by atoms with van der Waals surface area (Å²) in [6, 6.07) is 7.03. The Labute approximate surface area is 253 Å². The van der Waals surface area contributed by atoms with Crippen molar-refractivity contribution >= 4 is 5.91 Å². The average Bonchev–Trinajstić information content (AvgIpc) is 3.30. The number of ether oxygens (including phenoxy) is 1. The molecule has 0 aliphatic carbocycles. The van der Waals surface area contributed by atoms with Crippen LogP contribution in [0.5, 0.6) is 0 Å². The van der Waals surface area contributed by atoms with Gasteiger partial charge < -0.3 is 9.64 Å². The van der Waals surface area contributed by atoms with E-state index in [2.05, 4.69) is 25.7 Å². The van der Waals surface area contributed by atoms with Crippen LogP contribution in [0.15, 0.2) is 42.5 Å². The Balaban J connectivity index is 1.42. The third kappa shape index (κ3) is 6.93. The summed E-state index contributed by atoms with van der Waals surface area (Å²) >= 11 is 0. The van der Waals surface area contributed by atoms with Crippen molar-refractivity contribution in [2.45, 2.75) is 95.4 Å². The summed E-state index contributed by atoms with van der Waals surface area (Å²) in [4.78, 5) is 17.7. The molecule has 0 saturated carbocycles. The van der Waals surface area contributed by atoms with E-state index < -0.39 is 47.4 Å². The van der Waals surface area contributed by atoms with Gasteiger partial charge in [0.15, 0.2) is 0 Å². The van der Waals surface area contributed by atoms with Crippen molar-refractivity contribution in [3.05, 3.63) is 70.5 Å². The van der Waals surface area contributed by atoms with Gasteiger partial charge in [-0.3, -0.25) is 9.69 Å². The highest BCUT2D eigenvalue weighted by Crippen LogP contribution is 2.47. The Bertz CT molecular complexity index is 1300. The number of alkyl halides is 6. The van der Waals surface area contributed by atoms with E-state index in [1.54, 1.807) is 17.0 Å². The molecule has 3 heterocycles. The lowest BCUT2D eigenvalue weighted by Crippen LogP contribution is -2.50. The van der Waals surface area contributed by atoms with Crippen molar-refractivity contribution < 1.29 is 40.3 Å². The number of hydrogen-bond donors (Lipinski definition) is 0. The number of hydrogen-bond acceptors (Lipinski definition) is 3. The largest absolute Gasteiger partial charge is 0.416 e. The van der Waals surface area contributed by atoms with Gasteiger partial charge in [-0.25, -0.2) is 4.39 Å². The molecule has 2 aromatic rings. The maximum atomic E-state index is 13.9. The lowest BCUT2D eigenvalue weighted by atomic mass is 9.73. The fourth-order valence-corrected chi connectivity index (χ4v) is 7.38. The van der Waals surface area contributed by atoms with Gasteiger partial charge in [0.25, 0.3) is 0 Å². The standard InChI is InChI=1S/C33H39F7N2O2/c1-19(22-13-24(32(35,36)37)17-25(14-22)33(38,39)40)44-28-18-42-27(30(28)21-5-7-26(34)8-6-21)15-23(16-29(42)43)20-9-11-41(12-10-20)31(2,3)4/h5-8,13-14,17,19-20,23,27-28,30H,9-12,15-16,18H2,1-4H3/t19-,23?,27+,28+,30+/m1/s1. The van der Waals surface area contributed by atoms with Gasteiger partial charge in [-0.1, -0.05) is 12.1 Å². The molecule has 44 heavy (non-hydrogen) atoms. The van der Waals surface area contributed by atoms with Crippen molar-refractivity contribution in [1.29, 1.82) is 0 Å². The first-order valence-electron chi connectivity index (χ1n) is 15.2. The SMILES string of the molecule is C[C@@H](O[C@H]1CN2C(=O)CC(C3CCN(C(C)(C)C)CC3)C[C@H]2[C@@H]1c1ccc(F)cc1)c1cc(C(F)(F)F)cc(C(F)(F)F)c1. The molecule has 5 atom stereocenters. The Morgan fingerprint density at radius 2 is 1.43 bits per heavy atom. The summed E-state index contributed by atoms with van der Waals surface area (Å²) in [6.07, 6.45) is -8.79. The topological polar surface area (TPSA) is 32.8 Å². The van der Waals surface area contributed by atoms with Crippen LogP contribution in [0.2, 0.25) is 0 Å². The van der Waals surface area contributed by atoms with Crippen LogP contribution >= 0.6 is 0 Å². The van der Waals surface area contributed by atoms with E-state index in [4.69, 9.17) is 4.74 Å². The zero-order valence-electron chi connectivity index (χ0n) is 25.3. The minimum Gasteiger partial charge on any atom is -0.368 e. The van der Waals surface area contributed by atoms with Gasteiger partial charge in [-0.15, -0.1) is 0 Å². The molecule has 1 amide bonds. The molecular weight excluding hydrogens is 589 g/mol. The monoisotopic (exact) mass is 628 g/mol. The van der Waals surface area contributed by atoms with Crippen molar-refractivity contribution in [1.82, 2.24) is 9.80 Å². The summed E-state index contributed by atoms with van der Waals surface area (Å²) in [5.41, 5.74) is -2.30. The molecule has 3 fully saturated rings. The van der Waals surface area contributed by atoms with E-state index in [0.717, 1.165) is 25.9 Å². The number of rotatable bonds is 5. The van der Waals surface area contributed by atoms with Gasteiger partial charge in [0.1, 0.15) is 5.82 Å². The highest BCUT2D eigenvalue weighted by Gasteiger charge is 2.51. The van der Waals surface area contributed by atoms with E-state index in [9.17, 15) is 35.5 Å². The fourth-order valence-electron chi connectivity index (χ4n) is 7.38. The highest BCUT2D eigenvalue weighted by molar-refractivity contribution is 5.78. The molecule has 0 N–H and O–H groups in total. The van der Waals surface area contributed by atoms with Crippen molar-refractivity contribution in [3.63, 3.8) is 0 Å². The van der Waals surface area contributed by atoms with Crippen LogP contribution in [0.4, 0.5) is 30.7 Å². The smallest absolute Gasteiger partial charge is 0.368 e. The first kappa shape index (κ1) is 32.7. The number of halogens is 7. The van der Waals surface area contributed by atoms with Crippen molar-refractivity contribution in [2.75, 3.05) is 19.6 Å². The molecule has 0 aromatic heterocycles. The molecule has 2 aromatic carbocycles.